The van der Waals surface area contributed by atoms with E-state index < -0.39 is 5.54 Å². The van der Waals surface area contributed by atoms with E-state index in [1.54, 1.807) is 0 Å². The summed E-state index contributed by atoms with van der Waals surface area (Å²) in [5.41, 5.74) is 5.70. The first-order valence-electron chi connectivity index (χ1n) is 5.86. The zero-order valence-electron chi connectivity index (χ0n) is 10.3. The van der Waals surface area contributed by atoms with Gasteiger partial charge in [-0.05, 0) is 38.0 Å². The van der Waals surface area contributed by atoms with Gasteiger partial charge in [0.25, 0.3) is 0 Å². The van der Waals surface area contributed by atoms with E-state index in [4.69, 9.17) is 15.6 Å². The highest BCUT2D eigenvalue weighted by Gasteiger charge is 2.28. The molecule has 0 saturated heterocycles. The van der Waals surface area contributed by atoms with Crippen molar-refractivity contribution in [3.05, 3.63) is 0 Å². The predicted molar refractivity (Wildman–Crippen MR) is 61.7 cm³/mol. The fraction of sp³-hybridized carbons (Fsp3) is 1.00. The summed E-state index contributed by atoms with van der Waals surface area (Å²) in [6.45, 7) is 6.87. The van der Waals surface area contributed by atoms with E-state index in [0.717, 1.165) is 12.8 Å². The van der Waals surface area contributed by atoms with Gasteiger partial charge in [0, 0.05) is 0 Å². The van der Waals surface area contributed by atoms with E-state index in [9.17, 15) is 0 Å². The van der Waals surface area contributed by atoms with E-state index in [1.165, 1.54) is 12.8 Å². The lowest BCUT2D eigenvalue weighted by molar-refractivity contribution is -0.0248. The molecule has 90 valence electrons. The van der Waals surface area contributed by atoms with Gasteiger partial charge in [0.1, 0.15) is 0 Å². The summed E-state index contributed by atoms with van der Waals surface area (Å²) in [6, 6.07) is 0. The Balaban J connectivity index is 2.25. The van der Waals surface area contributed by atoms with Gasteiger partial charge in [0.05, 0.1) is 24.9 Å². The molecular weight excluding hydrogens is 190 g/mol. The van der Waals surface area contributed by atoms with E-state index in [-0.39, 0.29) is 6.61 Å². The molecule has 0 bridgehead atoms. The summed E-state index contributed by atoms with van der Waals surface area (Å²) < 4.78 is 5.75. The van der Waals surface area contributed by atoms with E-state index in [0.29, 0.717) is 18.1 Å². The number of hydrogen-bond donors (Lipinski definition) is 2. The van der Waals surface area contributed by atoms with Gasteiger partial charge in [-0.3, -0.25) is 0 Å². The van der Waals surface area contributed by atoms with Crippen molar-refractivity contribution in [3.63, 3.8) is 0 Å². The highest BCUT2D eigenvalue weighted by atomic mass is 16.5. The lowest BCUT2D eigenvalue weighted by Crippen LogP contribution is -2.46. The Kier molecular flexibility index (Phi) is 4.15. The average molecular weight is 215 g/mol. The smallest absolute Gasteiger partial charge is 0.0669 e. The molecule has 0 radical (unpaired) electrons. The van der Waals surface area contributed by atoms with Crippen LogP contribution in [0.2, 0.25) is 0 Å². The first-order chi connectivity index (χ1) is 6.85. The van der Waals surface area contributed by atoms with Gasteiger partial charge in [0.15, 0.2) is 0 Å². The van der Waals surface area contributed by atoms with Crippen molar-refractivity contribution in [3.8, 4) is 0 Å². The van der Waals surface area contributed by atoms with Crippen LogP contribution in [0.15, 0.2) is 0 Å². The molecule has 1 saturated carbocycles. The van der Waals surface area contributed by atoms with Crippen molar-refractivity contribution < 1.29 is 9.84 Å². The molecule has 3 heteroatoms. The van der Waals surface area contributed by atoms with Crippen molar-refractivity contribution in [2.24, 2.45) is 11.1 Å². The molecule has 1 atom stereocenters. The van der Waals surface area contributed by atoms with Crippen molar-refractivity contribution in [2.45, 2.75) is 58.1 Å². The van der Waals surface area contributed by atoms with Crippen LogP contribution in [-0.2, 0) is 4.74 Å². The summed E-state index contributed by atoms with van der Waals surface area (Å²) in [5.74, 6) is 0. The third-order valence-electron chi connectivity index (χ3n) is 3.30. The predicted octanol–water partition coefficient (Wildman–Crippen LogP) is 1.68. The Morgan fingerprint density at radius 1 is 1.40 bits per heavy atom. The van der Waals surface area contributed by atoms with Crippen molar-refractivity contribution in [2.75, 3.05) is 13.2 Å². The summed E-state index contributed by atoms with van der Waals surface area (Å²) in [6.07, 6.45) is 5.02. The molecule has 1 aliphatic carbocycles. The van der Waals surface area contributed by atoms with Gasteiger partial charge >= 0.3 is 0 Å². The molecule has 0 spiro atoms. The fourth-order valence-corrected chi connectivity index (χ4v) is 1.89. The maximum atomic E-state index is 9.00. The third kappa shape index (κ3) is 4.49. The Morgan fingerprint density at radius 2 is 1.93 bits per heavy atom. The molecule has 1 aliphatic rings. The van der Waals surface area contributed by atoms with E-state index in [2.05, 4.69) is 13.8 Å². The monoisotopic (exact) mass is 215 g/mol. The summed E-state index contributed by atoms with van der Waals surface area (Å²) >= 11 is 0. The average Bonchev–Trinajstić information content (AvgIpc) is 2.16. The molecule has 0 aromatic rings. The molecule has 3 nitrogen and oxygen atoms in total. The van der Waals surface area contributed by atoms with Crippen LogP contribution < -0.4 is 5.73 Å². The molecule has 3 N–H and O–H groups in total. The van der Waals surface area contributed by atoms with Crippen LogP contribution in [0, 0.1) is 5.41 Å². The van der Waals surface area contributed by atoms with Crippen LogP contribution in [0.5, 0.6) is 0 Å². The molecule has 0 heterocycles. The van der Waals surface area contributed by atoms with Crippen LogP contribution in [0.1, 0.15) is 46.5 Å². The molecule has 1 rings (SSSR count). The minimum atomic E-state index is -0.590. The molecule has 15 heavy (non-hydrogen) atoms. The van der Waals surface area contributed by atoms with E-state index in [1.807, 2.05) is 6.92 Å². The first kappa shape index (κ1) is 12.9. The molecule has 0 aromatic carbocycles. The number of aliphatic hydroxyl groups is 1. The summed E-state index contributed by atoms with van der Waals surface area (Å²) in [5, 5.41) is 9.00. The maximum absolute atomic E-state index is 9.00. The first-order valence-corrected chi connectivity index (χ1v) is 5.86. The Morgan fingerprint density at radius 3 is 2.40 bits per heavy atom. The second kappa shape index (κ2) is 4.81. The van der Waals surface area contributed by atoms with Crippen LogP contribution in [0.25, 0.3) is 0 Å². The van der Waals surface area contributed by atoms with Gasteiger partial charge in [-0.1, -0.05) is 13.8 Å². The standard InChI is InChI=1S/C12H25NO2/c1-11(2)6-4-10(5-7-11)15-9-12(3,13)8-14/h10,14H,4-9,13H2,1-3H3. The Labute approximate surface area is 93.0 Å². The second-order valence-electron chi connectivity index (χ2n) is 5.99. The topological polar surface area (TPSA) is 55.5 Å². The number of rotatable bonds is 4. The number of nitrogens with two attached hydrogens (primary N) is 1. The lowest BCUT2D eigenvalue weighted by Gasteiger charge is -2.35. The molecule has 1 fully saturated rings. The highest BCUT2D eigenvalue weighted by molar-refractivity contribution is 4.81. The van der Waals surface area contributed by atoms with Crippen LogP contribution >= 0.6 is 0 Å². The highest BCUT2D eigenvalue weighted by Crippen LogP contribution is 2.36. The third-order valence-corrected chi connectivity index (χ3v) is 3.30. The fourth-order valence-electron chi connectivity index (χ4n) is 1.89. The largest absolute Gasteiger partial charge is 0.394 e. The van der Waals surface area contributed by atoms with Gasteiger partial charge in [-0.2, -0.15) is 0 Å². The molecule has 0 aliphatic heterocycles. The quantitative estimate of drug-likeness (QED) is 0.750. The number of hydrogen-bond acceptors (Lipinski definition) is 3. The van der Waals surface area contributed by atoms with Gasteiger partial charge in [-0.15, -0.1) is 0 Å². The van der Waals surface area contributed by atoms with Gasteiger partial charge in [-0.25, -0.2) is 0 Å². The number of ether oxygens (including phenoxy) is 1. The van der Waals surface area contributed by atoms with Crippen LogP contribution in [-0.4, -0.2) is 30.0 Å². The molecule has 0 aromatic heterocycles. The molecular formula is C12H25NO2. The normalized spacial score (nSPS) is 26.2. The van der Waals surface area contributed by atoms with Crippen LogP contribution in [0.3, 0.4) is 0 Å². The van der Waals surface area contributed by atoms with E-state index >= 15 is 0 Å². The van der Waals surface area contributed by atoms with Gasteiger partial charge in [0.2, 0.25) is 0 Å². The van der Waals surface area contributed by atoms with Crippen LogP contribution in [0.4, 0.5) is 0 Å². The lowest BCUT2D eigenvalue weighted by atomic mass is 9.76. The SMILES string of the molecule is CC1(C)CCC(OCC(C)(N)CO)CC1. The summed E-state index contributed by atoms with van der Waals surface area (Å²) in [7, 11) is 0. The number of aliphatic hydroxyl groups excluding tert-OH is 1. The zero-order valence-corrected chi connectivity index (χ0v) is 10.3. The molecule has 0 amide bonds. The Hall–Kier alpha value is -0.120. The van der Waals surface area contributed by atoms with Crippen molar-refractivity contribution in [1.82, 2.24) is 0 Å². The summed E-state index contributed by atoms with van der Waals surface area (Å²) in [4.78, 5) is 0. The minimum absolute atomic E-state index is 0.0226. The van der Waals surface area contributed by atoms with Gasteiger partial charge < -0.3 is 15.6 Å². The minimum Gasteiger partial charge on any atom is -0.394 e. The molecule has 1 unspecified atom stereocenters. The Bertz CT molecular complexity index is 192. The zero-order chi connectivity index (χ0) is 11.5. The maximum Gasteiger partial charge on any atom is 0.0669 e. The second-order valence-corrected chi connectivity index (χ2v) is 5.99. The van der Waals surface area contributed by atoms with Crippen molar-refractivity contribution in [1.29, 1.82) is 0 Å². The van der Waals surface area contributed by atoms with Crippen molar-refractivity contribution >= 4 is 0 Å².